The van der Waals surface area contributed by atoms with Crippen LogP contribution in [0.4, 0.5) is 0 Å². The molecule has 0 saturated heterocycles. The predicted molar refractivity (Wildman–Crippen MR) is 109 cm³/mol. The van der Waals surface area contributed by atoms with Crippen LogP contribution >= 0.6 is 0 Å². The highest BCUT2D eigenvalue weighted by Crippen LogP contribution is 2.28. The van der Waals surface area contributed by atoms with Crippen molar-refractivity contribution in [1.29, 1.82) is 0 Å². The van der Waals surface area contributed by atoms with Crippen molar-refractivity contribution in [2.24, 2.45) is 0 Å². The summed E-state index contributed by atoms with van der Waals surface area (Å²) in [5.41, 5.74) is 1.67. The van der Waals surface area contributed by atoms with Gasteiger partial charge < -0.3 is 29.5 Å². The van der Waals surface area contributed by atoms with Crippen LogP contribution in [0.25, 0.3) is 0 Å². The van der Waals surface area contributed by atoms with Gasteiger partial charge >= 0.3 is 0 Å². The molecule has 0 bridgehead atoms. The van der Waals surface area contributed by atoms with Crippen LogP contribution in [0.5, 0.6) is 17.4 Å². The summed E-state index contributed by atoms with van der Waals surface area (Å²) >= 11 is 0. The molecule has 9 heteroatoms. The third-order valence-electron chi connectivity index (χ3n) is 4.48. The van der Waals surface area contributed by atoms with Gasteiger partial charge in [-0.15, -0.1) is 0 Å². The Kier molecular flexibility index (Phi) is 9.69. The SMILES string of the molecule is CCN(CC)C[C@@H](O)COc1cc(CNCCOc2nonc2C)ccc1OC. The quantitative estimate of drug-likeness (QED) is 0.452. The summed E-state index contributed by atoms with van der Waals surface area (Å²) in [6, 6.07) is 5.75. The molecule has 0 aliphatic rings. The number of ether oxygens (including phenoxy) is 3. The molecule has 162 valence electrons. The lowest BCUT2D eigenvalue weighted by molar-refractivity contribution is 0.0705. The Balaban J connectivity index is 1.80. The summed E-state index contributed by atoms with van der Waals surface area (Å²) < 4.78 is 21.3. The van der Waals surface area contributed by atoms with Gasteiger partial charge in [0.25, 0.3) is 5.88 Å². The zero-order chi connectivity index (χ0) is 21.1. The molecule has 0 aliphatic carbocycles. The molecule has 2 rings (SSSR count). The molecule has 1 heterocycles. The number of aromatic nitrogens is 2. The number of aliphatic hydroxyl groups excluding tert-OH is 1. The monoisotopic (exact) mass is 408 g/mol. The van der Waals surface area contributed by atoms with Crippen LogP contribution < -0.4 is 19.5 Å². The summed E-state index contributed by atoms with van der Waals surface area (Å²) in [5, 5.41) is 20.9. The molecule has 0 aliphatic heterocycles. The van der Waals surface area contributed by atoms with Crippen molar-refractivity contribution in [3.05, 3.63) is 29.5 Å². The third kappa shape index (κ3) is 7.52. The molecule has 0 amide bonds. The standard InChI is InChI=1S/C20H32N4O5/c1-5-24(6-2)13-17(25)14-28-19-11-16(7-8-18(19)26-4)12-21-9-10-27-20-15(3)22-29-23-20/h7-8,11,17,21,25H,5-6,9-10,12-14H2,1-4H3/t17-/m1/s1. The Morgan fingerprint density at radius 1 is 1.17 bits per heavy atom. The fourth-order valence-corrected chi connectivity index (χ4v) is 2.77. The normalized spacial score (nSPS) is 12.2. The van der Waals surface area contributed by atoms with Gasteiger partial charge in [-0.25, -0.2) is 4.63 Å². The lowest BCUT2D eigenvalue weighted by Gasteiger charge is -2.22. The lowest BCUT2D eigenvalue weighted by Crippen LogP contribution is -2.35. The number of rotatable bonds is 14. The average Bonchev–Trinajstić information content (AvgIpc) is 3.15. The van der Waals surface area contributed by atoms with E-state index in [4.69, 9.17) is 14.2 Å². The molecule has 1 atom stereocenters. The number of likely N-dealkylation sites (N-methyl/N-ethyl adjacent to an activating group) is 1. The topological polar surface area (TPSA) is 102 Å². The van der Waals surface area contributed by atoms with Crippen LogP contribution in [0.15, 0.2) is 22.8 Å². The molecule has 1 aromatic carbocycles. The number of hydrogen-bond donors (Lipinski definition) is 2. The minimum Gasteiger partial charge on any atom is -0.493 e. The summed E-state index contributed by atoms with van der Waals surface area (Å²) in [7, 11) is 1.60. The van der Waals surface area contributed by atoms with Crippen LogP contribution in [0.1, 0.15) is 25.1 Å². The molecule has 0 spiro atoms. The van der Waals surface area contributed by atoms with Gasteiger partial charge in [0.1, 0.15) is 25.0 Å². The highest BCUT2D eigenvalue weighted by molar-refractivity contribution is 5.43. The summed E-state index contributed by atoms with van der Waals surface area (Å²) in [6.07, 6.45) is -0.562. The smallest absolute Gasteiger partial charge is 0.278 e. The van der Waals surface area contributed by atoms with Gasteiger partial charge in [-0.2, -0.15) is 0 Å². The number of nitrogens with one attached hydrogen (secondary N) is 1. The predicted octanol–water partition coefficient (Wildman–Crippen LogP) is 1.64. The van der Waals surface area contributed by atoms with Crippen molar-refractivity contribution in [2.45, 2.75) is 33.4 Å². The van der Waals surface area contributed by atoms with E-state index >= 15 is 0 Å². The van der Waals surface area contributed by atoms with Gasteiger partial charge in [0, 0.05) is 19.6 Å². The van der Waals surface area contributed by atoms with Gasteiger partial charge in [-0.1, -0.05) is 25.1 Å². The van der Waals surface area contributed by atoms with Crippen molar-refractivity contribution in [3.63, 3.8) is 0 Å². The first-order chi connectivity index (χ1) is 14.1. The summed E-state index contributed by atoms with van der Waals surface area (Å²) in [6.45, 7) is 10.2. The molecule has 1 aromatic heterocycles. The van der Waals surface area contributed by atoms with E-state index in [1.807, 2.05) is 18.2 Å². The van der Waals surface area contributed by atoms with E-state index in [1.54, 1.807) is 14.0 Å². The molecular weight excluding hydrogens is 376 g/mol. The van der Waals surface area contributed by atoms with Crippen molar-refractivity contribution >= 4 is 0 Å². The largest absolute Gasteiger partial charge is 0.493 e. The fraction of sp³-hybridized carbons (Fsp3) is 0.600. The highest BCUT2D eigenvalue weighted by Gasteiger charge is 2.12. The molecule has 9 nitrogen and oxygen atoms in total. The second-order valence-corrected chi connectivity index (χ2v) is 6.62. The Hall–Kier alpha value is -2.36. The zero-order valence-corrected chi connectivity index (χ0v) is 17.7. The molecule has 0 unspecified atom stereocenters. The van der Waals surface area contributed by atoms with E-state index < -0.39 is 6.10 Å². The molecular formula is C20H32N4O5. The molecule has 0 saturated carbocycles. The van der Waals surface area contributed by atoms with Crippen LogP contribution in [0.2, 0.25) is 0 Å². The third-order valence-corrected chi connectivity index (χ3v) is 4.48. The van der Waals surface area contributed by atoms with Crippen molar-refractivity contribution < 1.29 is 23.9 Å². The van der Waals surface area contributed by atoms with Gasteiger partial charge in [0.2, 0.25) is 0 Å². The molecule has 2 N–H and O–H groups in total. The number of methoxy groups -OCH3 is 1. The van der Waals surface area contributed by atoms with Crippen molar-refractivity contribution in [3.8, 4) is 17.4 Å². The molecule has 0 radical (unpaired) electrons. The van der Waals surface area contributed by atoms with Gasteiger partial charge in [-0.05, 0) is 42.9 Å². The van der Waals surface area contributed by atoms with E-state index in [2.05, 4.69) is 39.0 Å². The Labute approximate surface area is 171 Å². The van der Waals surface area contributed by atoms with Crippen LogP contribution in [-0.4, -0.2) is 72.9 Å². The first-order valence-electron chi connectivity index (χ1n) is 9.90. The van der Waals surface area contributed by atoms with Gasteiger partial charge in [0.15, 0.2) is 11.5 Å². The Bertz CT molecular complexity index is 721. The number of aliphatic hydroxyl groups is 1. The molecule has 2 aromatic rings. The Morgan fingerprint density at radius 3 is 2.62 bits per heavy atom. The maximum Gasteiger partial charge on any atom is 0.278 e. The number of aryl methyl sites for hydroxylation is 1. The number of benzene rings is 1. The fourth-order valence-electron chi connectivity index (χ4n) is 2.77. The van der Waals surface area contributed by atoms with Crippen LogP contribution in [0, 0.1) is 6.92 Å². The minimum atomic E-state index is -0.562. The van der Waals surface area contributed by atoms with Gasteiger partial charge in [0.05, 0.1) is 7.11 Å². The van der Waals surface area contributed by atoms with Crippen LogP contribution in [-0.2, 0) is 6.54 Å². The second kappa shape index (κ2) is 12.3. The first-order valence-corrected chi connectivity index (χ1v) is 9.90. The second-order valence-electron chi connectivity index (χ2n) is 6.62. The van der Waals surface area contributed by atoms with E-state index in [9.17, 15) is 5.11 Å². The van der Waals surface area contributed by atoms with E-state index in [0.29, 0.717) is 49.3 Å². The Morgan fingerprint density at radius 2 is 1.97 bits per heavy atom. The maximum absolute atomic E-state index is 10.2. The lowest BCUT2D eigenvalue weighted by atomic mass is 10.2. The summed E-state index contributed by atoms with van der Waals surface area (Å²) in [5.74, 6) is 1.67. The first kappa shape index (κ1) is 22.9. The maximum atomic E-state index is 10.2. The van der Waals surface area contributed by atoms with Crippen LogP contribution in [0.3, 0.4) is 0 Å². The van der Waals surface area contributed by atoms with Crippen molar-refractivity contribution in [1.82, 2.24) is 20.5 Å². The zero-order valence-electron chi connectivity index (χ0n) is 17.7. The summed E-state index contributed by atoms with van der Waals surface area (Å²) in [4.78, 5) is 2.16. The molecule has 0 fully saturated rings. The average molecular weight is 408 g/mol. The number of nitrogens with zero attached hydrogens (tertiary/aromatic N) is 3. The highest BCUT2D eigenvalue weighted by atomic mass is 16.6. The van der Waals surface area contributed by atoms with Gasteiger partial charge in [-0.3, -0.25) is 0 Å². The van der Waals surface area contributed by atoms with Crippen molar-refractivity contribution in [2.75, 3.05) is 46.5 Å². The molecule has 29 heavy (non-hydrogen) atoms. The van der Waals surface area contributed by atoms with E-state index in [1.165, 1.54) is 0 Å². The van der Waals surface area contributed by atoms with E-state index in [0.717, 1.165) is 18.7 Å². The van der Waals surface area contributed by atoms with E-state index in [-0.39, 0.29) is 6.61 Å². The number of hydrogen-bond acceptors (Lipinski definition) is 9. The minimum absolute atomic E-state index is 0.211.